The van der Waals surface area contributed by atoms with Crippen LogP contribution >= 0.6 is 11.8 Å². The normalized spacial score (nSPS) is 20.1. The summed E-state index contributed by atoms with van der Waals surface area (Å²) in [6.45, 7) is 0.951. The number of hydrogen-bond acceptors (Lipinski definition) is 3. The monoisotopic (exact) mass is 432 g/mol. The molecular formula is C27H32N2OS. The van der Waals surface area contributed by atoms with Crippen molar-refractivity contribution in [2.24, 2.45) is 5.92 Å². The summed E-state index contributed by atoms with van der Waals surface area (Å²) in [5, 5.41) is 0.815. The fourth-order valence-electron chi connectivity index (χ4n) is 6.32. The van der Waals surface area contributed by atoms with Crippen molar-refractivity contribution >= 4 is 11.8 Å². The molecule has 1 aromatic heterocycles. The van der Waals surface area contributed by atoms with Crippen molar-refractivity contribution in [3.63, 3.8) is 0 Å². The molecule has 0 aliphatic heterocycles. The summed E-state index contributed by atoms with van der Waals surface area (Å²) < 4.78 is 2.41. The summed E-state index contributed by atoms with van der Waals surface area (Å²) in [5.41, 5.74) is 4.75. The summed E-state index contributed by atoms with van der Waals surface area (Å²) in [5.74, 6) is 3.93. The molecule has 3 nitrogen and oxygen atoms in total. The SMILES string of the molecule is C#CCSc1nc(=O)c2c(n1CC1CCCCC1)-c1ccccc1CC21CCCCC1. The Kier molecular flexibility index (Phi) is 5.97. The van der Waals surface area contributed by atoms with Crippen LogP contribution in [0.5, 0.6) is 0 Å². The average molecular weight is 433 g/mol. The van der Waals surface area contributed by atoms with Gasteiger partial charge in [0.05, 0.1) is 17.0 Å². The van der Waals surface area contributed by atoms with Crippen molar-refractivity contribution in [1.29, 1.82) is 0 Å². The van der Waals surface area contributed by atoms with Gasteiger partial charge in [-0.3, -0.25) is 4.79 Å². The number of thioether (sulfide) groups is 1. The second kappa shape index (κ2) is 8.87. The molecule has 5 rings (SSSR count). The van der Waals surface area contributed by atoms with Gasteiger partial charge in [0, 0.05) is 17.5 Å². The molecule has 3 aliphatic rings. The fourth-order valence-corrected chi connectivity index (χ4v) is 7.00. The molecule has 31 heavy (non-hydrogen) atoms. The predicted octanol–water partition coefficient (Wildman–Crippen LogP) is 5.97. The highest BCUT2D eigenvalue weighted by Crippen LogP contribution is 2.49. The third-order valence-electron chi connectivity index (χ3n) is 7.74. The molecule has 2 aromatic rings. The first kappa shape index (κ1) is 20.9. The molecule has 3 aliphatic carbocycles. The van der Waals surface area contributed by atoms with Gasteiger partial charge in [0.15, 0.2) is 5.16 Å². The minimum atomic E-state index is -0.0460. The highest BCUT2D eigenvalue weighted by molar-refractivity contribution is 7.99. The lowest BCUT2D eigenvalue weighted by atomic mass is 9.62. The van der Waals surface area contributed by atoms with Crippen LogP contribution in [0.3, 0.4) is 0 Å². The van der Waals surface area contributed by atoms with Crippen molar-refractivity contribution < 1.29 is 0 Å². The second-order valence-corrected chi connectivity index (χ2v) is 10.6. The molecule has 162 valence electrons. The van der Waals surface area contributed by atoms with E-state index in [0.29, 0.717) is 11.7 Å². The lowest BCUT2D eigenvalue weighted by Gasteiger charge is -2.43. The molecule has 2 saturated carbocycles. The molecule has 1 heterocycles. The molecule has 1 spiro atoms. The van der Waals surface area contributed by atoms with Crippen LogP contribution in [0.1, 0.15) is 75.3 Å². The number of nitrogens with zero attached hydrogens (tertiary/aromatic N) is 2. The lowest BCUT2D eigenvalue weighted by Crippen LogP contribution is -2.42. The predicted molar refractivity (Wildman–Crippen MR) is 129 cm³/mol. The molecule has 1 aromatic carbocycles. The summed E-state index contributed by atoms with van der Waals surface area (Å²) in [7, 11) is 0. The molecular weight excluding hydrogens is 400 g/mol. The maximum absolute atomic E-state index is 13.6. The Hall–Kier alpha value is -1.99. The van der Waals surface area contributed by atoms with E-state index in [9.17, 15) is 4.79 Å². The molecule has 0 radical (unpaired) electrons. The van der Waals surface area contributed by atoms with E-state index in [0.717, 1.165) is 42.2 Å². The van der Waals surface area contributed by atoms with E-state index in [2.05, 4.69) is 39.7 Å². The van der Waals surface area contributed by atoms with Gasteiger partial charge >= 0.3 is 0 Å². The third-order valence-corrected chi connectivity index (χ3v) is 8.62. The van der Waals surface area contributed by atoms with Crippen LogP contribution in [0.25, 0.3) is 11.3 Å². The first-order chi connectivity index (χ1) is 15.2. The van der Waals surface area contributed by atoms with Crippen molar-refractivity contribution in [2.75, 3.05) is 5.75 Å². The van der Waals surface area contributed by atoms with Crippen LogP contribution in [0.4, 0.5) is 0 Å². The van der Waals surface area contributed by atoms with Gasteiger partial charge in [-0.15, -0.1) is 6.42 Å². The molecule has 0 N–H and O–H groups in total. The third kappa shape index (κ3) is 3.87. The number of rotatable bonds is 4. The average Bonchev–Trinajstić information content (AvgIpc) is 2.80. The van der Waals surface area contributed by atoms with Crippen molar-refractivity contribution in [2.45, 2.75) is 87.7 Å². The van der Waals surface area contributed by atoms with Crippen LogP contribution in [0, 0.1) is 18.3 Å². The van der Waals surface area contributed by atoms with Crippen LogP contribution in [0.15, 0.2) is 34.2 Å². The highest BCUT2D eigenvalue weighted by atomic mass is 32.2. The Labute approximate surface area is 190 Å². The van der Waals surface area contributed by atoms with Gasteiger partial charge in [0.2, 0.25) is 0 Å². The highest BCUT2D eigenvalue weighted by Gasteiger charge is 2.43. The van der Waals surface area contributed by atoms with Gasteiger partial charge in [0.25, 0.3) is 5.56 Å². The number of hydrogen-bond donors (Lipinski definition) is 0. The summed E-state index contributed by atoms with van der Waals surface area (Å²) >= 11 is 1.55. The molecule has 0 amide bonds. The topological polar surface area (TPSA) is 34.9 Å². The van der Waals surface area contributed by atoms with Crippen LogP contribution in [0.2, 0.25) is 0 Å². The van der Waals surface area contributed by atoms with Crippen LogP contribution in [-0.2, 0) is 18.4 Å². The quantitative estimate of drug-likeness (QED) is 0.339. The Morgan fingerprint density at radius 2 is 1.84 bits per heavy atom. The molecule has 0 saturated heterocycles. The Bertz CT molecular complexity index is 1050. The standard InChI is InChI=1S/C27H32N2OS/c1-2-17-31-26-28-25(30)23-24(29(26)19-20-11-5-3-6-12-20)22-14-8-7-13-21(22)18-27(23)15-9-4-10-16-27/h1,7-8,13-14,20H,3-6,9-12,15-19H2. The van der Waals surface area contributed by atoms with Gasteiger partial charge in [-0.05, 0) is 43.6 Å². The van der Waals surface area contributed by atoms with E-state index in [1.165, 1.54) is 62.5 Å². The van der Waals surface area contributed by atoms with Crippen molar-refractivity contribution in [3.8, 4) is 23.6 Å². The molecule has 4 heteroatoms. The zero-order valence-corrected chi connectivity index (χ0v) is 19.2. The first-order valence-corrected chi connectivity index (χ1v) is 13.0. The molecule has 2 fully saturated rings. The minimum absolute atomic E-state index is 0.00850. The number of fused-ring (bicyclic) bond motifs is 4. The maximum Gasteiger partial charge on any atom is 0.278 e. The van der Waals surface area contributed by atoms with E-state index < -0.39 is 0 Å². The van der Waals surface area contributed by atoms with Gasteiger partial charge in [-0.25, -0.2) is 0 Å². The van der Waals surface area contributed by atoms with E-state index in [1.54, 1.807) is 11.8 Å². The van der Waals surface area contributed by atoms with Gasteiger partial charge in [0.1, 0.15) is 0 Å². The number of benzene rings is 1. The van der Waals surface area contributed by atoms with Gasteiger partial charge in [-0.2, -0.15) is 4.98 Å². The van der Waals surface area contributed by atoms with Crippen molar-refractivity contribution in [1.82, 2.24) is 9.55 Å². The summed E-state index contributed by atoms with van der Waals surface area (Å²) in [6, 6.07) is 8.76. The number of terminal acetylenes is 1. The Balaban J connectivity index is 1.73. The number of aromatic nitrogens is 2. The largest absolute Gasteiger partial charge is 0.319 e. The fraction of sp³-hybridized carbons (Fsp3) is 0.556. The van der Waals surface area contributed by atoms with E-state index in [1.807, 2.05) is 0 Å². The zero-order chi connectivity index (χ0) is 21.3. The Morgan fingerprint density at radius 1 is 1.10 bits per heavy atom. The first-order valence-electron chi connectivity index (χ1n) is 12.0. The maximum atomic E-state index is 13.6. The van der Waals surface area contributed by atoms with E-state index in [-0.39, 0.29) is 11.0 Å². The smallest absolute Gasteiger partial charge is 0.278 e. The zero-order valence-electron chi connectivity index (χ0n) is 18.4. The summed E-state index contributed by atoms with van der Waals surface area (Å²) in [4.78, 5) is 18.3. The van der Waals surface area contributed by atoms with E-state index >= 15 is 0 Å². The van der Waals surface area contributed by atoms with Crippen LogP contribution in [-0.4, -0.2) is 15.3 Å². The lowest BCUT2D eigenvalue weighted by molar-refractivity contribution is 0.276. The Morgan fingerprint density at radius 3 is 2.61 bits per heavy atom. The molecule has 0 bridgehead atoms. The minimum Gasteiger partial charge on any atom is -0.319 e. The second-order valence-electron chi connectivity index (χ2n) is 9.71. The molecule has 0 unspecified atom stereocenters. The van der Waals surface area contributed by atoms with Gasteiger partial charge < -0.3 is 4.57 Å². The summed E-state index contributed by atoms with van der Waals surface area (Å²) in [6.07, 6.45) is 19.0. The van der Waals surface area contributed by atoms with Crippen LogP contribution < -0.4 is 5.56 Å². The van der Waals surface area contributed by atoms with Gasteiger partial charge in [-0.1, -0.05) is 80.5 Å². The van der Waals surface area contributed by atoms with E-state index in [4.69, 9.17) is 6.42 Å². The van der Waals surface area contributed by atoms with Crippen molar-refractivity contribution in [3.05, 3.63) is 45.7 Å². The molecule has 0 atom stereocenters.